The van der Waals surface area contributed by atoms with Gasteiger partial charge in [0, 0.05) is 0 Å². The van der Waals surface area contributed by atoms with Crippen LogP contribution >= 0.6 is 0 Å². The molecule has 0 saturated heterocycles. The fourth-order valence-electron chi connectivity index (χ4n) is 2.56. The number of carboxylic acid groups (broad SMARTS) is 1. The first-order valence-electron chi connectivity index (χ1n) is 5.90. The van der Waals surface area contributed by atoms with Crippen LogP contribution in [0.1, 0.15) is 23.1 Å². The Morgan fingerprint density at radius 1 is 1.41 bits per heavy atom. The van der Waals surface area contributed by atoms with Crippen LogP contribution in [-0.4, -0.2) is 18.2 Å². The molecule has 0 radical (unpaired) electrons. The van der Waals surface area contributed by atoms with Crippen molar-refractivity contribution in [3.05, 3.63) is 28.8 Å². The van der Waals surface area contributed by atoms with Crippen molar-refractivity contribution >= 4 is 5.97 Å². The van der Waals surface area contributed by atoms with E-state index in [0.29, 0.717) is 5.92 Å². The average molecular weight is 234 g/mol. The molecule has 17 heavy (non-hydrogen) atoms. The molecule has 0 heterocycles. The zero-order valence-corrected chi connectivity index (χ0v) is 10.5. The molecule has 0 spiro atoms. The van der Waals surface area contributed by atoms with E-state index in [1.165, 1.54) is 5.56 Å². The van der Waals surface area contributed by atoms with Gasteiger partial charge in [-0.1, -0.05) is 12.1 Å². The van der Waals surface area contributed by atoms with Crippen LogP contribution in [0, 0.1) is 25.7 Å². The number of hydrogen-bond donors (Lipinski definition) is 1. The van der Waals surface area contributed by atoms with Gasteiger partial charge in [-0.05, 0) is 49.3 Å². The lowest BCUT2D eigenvalue weighted by Gasteiger charge is -2.11. The molecule has 0 aromatic heterocycles. The molecule has 1 saturated carbocycles. The Bertz CT molecular complexity index is 428. The van der Waals surface area contributed by atoms with E-state index in [-0.39, 0.29) is 5.92 Å². The smallest absolute Gasteiger partial charge is 0.306 e. The lowest BCUT2D eigenvalue weighted by atomic mass is 10.0. The number of benzene rings is 1. The number of carbonyl (C=O) groups is 1. The van der Waals surface area contributed by atoms with E-state index >= 15 is 0 Å². The summed E-state index contributed by atoms with van der Waals surface area (Å²) >= 11 is 0. The van der Waals surface area contributed by atoms with Crippen LogP contribution in [0.5, 0.6) is 5.75 Å². The highest BCUT2D eigenvalue weighted by atomic mass is 16.5. The van der Waals surface area contributed by atoms with Gasteiger partial charge in [-0.25, -0.2) is 0 Å². The summed E-state index contributed by atoms with van der Waals surface area (Å²) in [7, 11) is 1.68. The number of rotatable bonds is 4. The van der Waals surface area contributed by atoms with Crippen molar-refractivity contribution in [2.75, 3.05) is 7.11 Å². The molecule has 1 aliphatic carbocycles. The first-order chi connectivity index (χ1) is 8.02. The molecular weight excluding hydrogens is 216 g/mol. The van der Waals surface area contributed by atoms with E-state index in [2.05, 4.69) is 12.1 Å². The molecule has 1 N–H and O–H groups in total. The molecular formula is C14H18O3. The third-order valence-corrected chi connectivity index (χ3v) is 3.46. The van der Waals surface area contributed by atoms with E-state index < -0.39 is 5.97 Å². The van der Waals surface area contributed by atoms with Crippen LogP contribution < -0.4 is 4.74 Å². The normalized spacial score (nSPS) is 22.3. The molecule has 92 valence electrons. The predicted octanol–water partition coefficient (Wildman–Crippen LogP) is 2.58. The minimum Gasteiger partial charge on any atom is -0.496 e. The van der Waals surface area contributed by atoms with Crippen LogP contribution in [0.2, 0.25) is 0 Å². The van der Waals surface area contributed by atoms with Crippen LogP contribution in [0.15, 0.2) is 12.1 Å². The van der Waals surface area contributed by atoms with E-state index in [1.54, 1.807) is 7.11 Å². The third kappa shape index (κ3) is 2.43. The number of aryl methyl sites for hydroxylation is 2. The molecule has 1 fully saturated rings. The molecule has 2 rings (SSSR count). The van der Waals surface area contributed by atoms with Crippen molar-refractivity contribution < 1.29 is 14.6 Å². The van der Waals surface area contributed by atoms with E-state index in [9.17, 15) is 4.79 Å². The number of methoxy groups -OCH3 is 1. The second-order valence-corrected chi connectivity index (χ2v) is 4.91. The van der Waals surface area contributed by atoms with Gasteiger partial charge in [0.05, 0.1) is 13.0 Å². The predicted molar refractivity (Wildman–Crippen MR) is 65.4 cm³/mol. The number of hydrogen-bond acceptors (Lipinski definition) is 2. The molecule has 2 atom stereocenters. The van der Waals surface area contributed by atoms with Gasteiger partial charge < -0.3 is 9.84 Å². The van der Waals surface area contributed by atoms with Crippen molar-refractivity contribution in [1.29, 1.82) is 0 Å². The summed E-state index contributed by atoms with van der Waals surface area (Å²) in [5, 5.41) is 8.87. The SMILES string of the molecule is COc1c(C)cc(CC2CC2C(=O)O)cc1C. The molecule has 2 unspecified atom stereocenters. The first kappa shape index (κ1) is 12.0. The highest BCUT2D eigenvalue weighted by Crippen LogP contribution is 2.41. The molecule has 3 nitrogen and oxygen atoms in total. The molecule has 1 aliphatic rings. The summed E-state index contributed by atoms with van der Waals surface area (Å²) < 4.78 is 5.32. The van der Waals surface area contributed by atoms with Crippen LogP contribution in [0.4, 0.5) is 0 Å². The van der Waals surface area contributed by atoms with Gasteiger partial charge in [-0.3, -0.25) is 4.79 Å². The van der Waals surface area contributed by atoms with Gasteiger partial charge in [0.15, 0.2) is 0 Å². The summed E-state index contributed by atoms with van der Waals surface area (Å²) in [6, 6.07) is 4.20. The average Bonchev–Trinajstić information content (AvgIpc) is 2.96. The maximum absolute atomic E-state index is 10.8. The Labute approximate surface area is 101 Å². The van der Waals surface area contributed by atoms with Gasteiger partial charge in [0.1, 0.15) is 5.75 Å². The maximum atomic E-state index is 10.8. The largest absolute Gasteiger partial charge is 0.496 e. The van der Waals surface area contributed by atoms with Gasteiger partial charge in [-0.15, -0.1) is 0 Å². The monoisotopic (exact) mass is 234 g/mol. The summed E-state index contributed by atoms with van der Waals surface area (Å²) in [6.45, 7) is 4.05. The second kappa shape index (κ2) is 4.40. The Kier molecular flexibility index (Phi) is 3.09. The lowest BCUT2D eigenvalue weighted by molar-refractivity contribution is -0.138. The van der Waals surface area contributed by atoms with Crippen LogP contribution in [0.3, 0.4) is 0 Å². The Morgan fingerprint density at radius 3 is 2.41 bits per heavy atom. The summed E-state index contributed by atoms with van der Waals surface area (Å²) in [5.41, 5.74) is 3.46. The molecule has 1 aromatic carbocycles. The standard InChI is InChI=1S/C14H18O3/c1-8-4-10(5-9(2)13(8)17-3)6-11-7-12(11)14(15)16/h4-5,11-12H,6-7H2,1-3H3,(H,15,16). The Morgan fingerprint density at radius 2 is 2.00 bits per heavy atom. The fraction of sp³-hybridized carbons (Fsp3) is 0.500. The highest BCUT2D eigenvalue weighted by molar-refractivity contribution is 5.73. The minimum atomic E-state index is -0.656. The van der Waals surface area contributed by atoms with Gasteiger partial charge >= 0.3 is 5.97 Å². The van der Waals surface area contributed by atoms with Crippen molar-refractivity contribution in [3.8, 4) is 5.75 Å². The molecule has 0 amide bonds. The Hall–Kier alpha value is -1.51. The van der Waals surface area contributed by atoms with E-state index in [1.807, 2.05) is 13.8 Å². The second-order valence-electron chi connectivity index (χ2n) is 4.91. The number of aliphatic carboxylic acids is 1. The quantitative estimate of drug-likeness (QED) is 0.871. The zero-order chi connectivity index (χ0) is 12.6. The van der Waals surface area contributed by atoms with Crippen LogP contribution in [0.25, 0.3) is 0 Å². The first-order valence-corrected chi connectivity index (χ1v) is 5.90. The summed E-state index contributed by atoms with van der Waals surface area (Å²) in [4.78, 5) is 10.8. The minimum absolute atomic E-state index is 0.127. The number of carboxylic acids is 1. The van der Waals surface area contributed by atoms with Gasteiger partial charge in [0.25, 0.3) is 0 Å². The molecule has 0 bridgehead atoms. The summed E-state index contributed by atoms with van der Waals surface area (Å²) in [6.07, 6.45) is 1.68. The van der Waals surface area contributed by atoms with Gasteiger partial charge in [0.2, 0.25) is 0 Å². The lowest BCUT2D eigenvalue weighted by Crippen LogP contribution is -2.02. The molecule has 1 aromatic rings. The highest BCUT2D eigenvalue weighted by Gasteiger charge is 2.42. The van der Waals surface area contributed by atoms with Gasteiger partial charge in [-0.2, -0.15) is 0 Å². The molecule has 3 heteroatoms. The topological polar surface area (TPSA) is 46.5 Å². The van der Waals surface area contributed by atoms with Crippen molar-refractivity contribution in [1.82, 2.24) is 0 Å². The van der Waals surface area contributed by atoms with Crippen molar-refractivity contribution in [3.63, 3.8) is 0 Å². The van der Waals surface area contributed by atoms with Crippen molar-refractivity contribution in [2.45, 2.75) is 26.7 Å². The summed E-state index contributed by atoms with van der Waals surface area (Å²) in [5.74, 6) is 0.466. The zero-order valence-electron chi connectivity index (χ0n) is 10.5. The van der Waals surface area contributed by atoms with E-state index in [0.717, 1.165) is 29.7 Å². The fourth-order valence-corrected chi connectivity index (χ4v) is 2.56. The maximum Gasteiger partial charge on any atom is 0.306 e. The Balaban J connectivity index is 2.11. The van der Waals surface area contributed by atoms with E-state index in [4.69, 9.17) is 9.84 Å². The number of ether oxygens (including phenoxy) is 1. The molecule has 0 aliphatic heterocycles. The third-order valence-electron chi connectivity index (χ3n) is 3.46. The van der Waals surface area contributed by atoms with Crippen molar-refractivity contribution in [2.24, 2.45) is 11.8 Å². The van der Waals surface area contributed by atoms with Crippen LogP contribution in [-0.2, 0) is 11.2 Å².